The van der Waals surface area contributed by atoms with Crippen molar-refractivity contribution in [2.75, 3.05) is 0 Å². The second-order valence-corrected chi connectivity index (χ2v) is 10.2. The van der Waals surface area contributed by atoms with Crippen molar-refractivity contribution in [3.63, 3.8) is 0 Å². The first-order chi connectivity index (χ1) is 12.4. The molecule has 162 valence electrons. The summed E-state index contributed by atoms with van der Waals surface area (Å²) in [7, 11) is -3.62. The number of halogens is 1. The van der Waals surface area contributed by atoms with Crippen molar-refractivity contribution in [2.45, 2.75) is 83.8 Å². The maximum Gasteiger partial charge on any atom is 0.241 e. The van der Waals surface area contributed by atoms with Crippen LogP contribution in [0.5, 0.6) is 0 Å². The number of benzene rings is 1. The number of nitrogens with two attached hydrogens (primary N) is 1. The van der Waals surface area contributed by atoms with Gasteiger partial charge in [0, 0.05) is 11.6 Å². The number of nitrogens with zero attached hydrogens (tertiary/aromatic N) is 1. The van der Waals surface area contributed by atoms with Crippen LogP contribution in [0.4, 0.5) is 0 Å². The van der Waals surface area contributed by atoms with E-state index in [0.29, 0.717) is 17.4 Å². The number of aliphatic imine (C=N–C) groups is 1. The number of guanidine groups is 1. The lowest BCUT2D eigenvalue weighted by molar-refractivity contribution is 0.490. The van der Waals surface area contributed by atoms with Crippen LogP contribution >= 0.6 is 24.0 Å². The van der Waals surface area contributed by atoms with E-state index in [-0.39, 0.29) is 41.5 Å². The topological polar surface area (TPSA) is 96.6 Å². The van der Waals surface area contributed by atoms with Crippen molar-refractivity contribution in [1.82, 2.24) is 10.0 Å². The van der Waals surface area contributed by atoms with Crippen molar-refractivity contribution in [3.8, 4) is 0 Å². The Kier molecular flexibility index (Phi) is 11.6. The van der Waals surface area contributed by atoms with Crippen LogP contribution in [0.2, 0.25) is 0 Å². The molecule has 0 spiro atoms. The summed E-state index contributed by atoms with van der Waals surface area (Å²) in [4.78, 5) is 4.58. The first-order valence-electron chi connectivity index (χ1n) is 9.59. The third-order valence-electron chi connectivity index (χ3n) is 3.94. The number of sulfonamides is 1. The molecule has 1 aromatic rings. The molecule has 0 bridgehead atoms. The molecule has 0 fully saturated rings. The summed E-state index contributed by atoms with van der Waals surface area (Å²) in [6, 6.07) is 7.10. The molecule has 1 atom stereocenters. The molecule has 0 aromatic heterocycles. The highest BCUT2D eigenvalue weighted by molar-refractivity contribution is 14.0. The van der Waals surface area contributed by atoms with Gasteiger partial charge in [0.15, 0.2) is 5.96 Å². The molecule has 0 aliphatic carbocycles. The Morgan fingerprint density at radius 2 is 1.75 bits per heavy atom. The van der Waals surface area contributed by atoms with Crippen LogP contribution in [0.3, 0.4) is 0 Å². The van der Waals surface area contributed by atoms with Gasteiger partial charge in [-0.15, -0.1) is 24.0 Å². The van der Waals surface area contributed by atoms with E-state index in [9.17, 15) is 8.42 Å². The van der Waals surface area contributed by atoms with E-state index in [2.05, 4.69) is 35.8 Å². The fourth-order valence-corrected chi connectivity index (χ4v) is 4.38. The third kappa shape index (κ3) is 10.6. The molecule has 0 aliphatic heterocycles. The minimum Gasteiger partial charge on any atom is -0.370 e. The Bertz CT molecular complexity index is 728. The SMILES string of the molecule is CC(C)CCCC(C)NC(N)=NCc1ccccc1S(=O)(=O)NC(C)(C)C.I. The van der Waals surface area contributed by atoms with Gasteiger partial charge in [-0.2, -0.15) is 0 Å². The monoisotopic (exact) mass is 524 g/mol. The lowest BCUT2D eigenvalue weighted by atomic mass is 10.0. The molecule has 0 saturated carbocycles. The molecule has 1 rings (SSSR count). The Hall–Kier alpha value is -0.870. The molecule has 0 saturated heterocycles. The first-order valence-corrected chi connectivity index (χ1v) is 11.1. The summed E-state index contributed by atoms with van der Waals surface area (Å²) in [5.74, 6) is 1.03. The third-order valence-corrected chi connectivity index (χ3v) is 5.79. The molecular formula is C20H37IN4O2S. The van der Waals surface area contributed by atoms with Crippen molar-refractivity contribution in [2.24, 2.45) is 16.6 Å². The van der Waals surface area contributed by atoms with Crippen molar-refractivity contribution < 1.29 is 8.42 Å². The maximum absolute atomic E-state index is 12.7. The van der Waals surface area contributed by atoms with Crippen molar-refractivity contribution in [1.29, 1.82) is 0 Å². The Morgan fingerprint density at radius 3 is 2.32 bits per heavy atom. The summed E-state index contributed by atoms with van der Waals surface area (Å²) < 4.78 is 28.0. The van der Waals surface area contributed by atoms with Crippen molar-refractivity contribution >= 4 is 40.0 Å². The fourth-order valence-electron chi connectivity index (χ4n) is 2.73. The van der Waals surface area contributed by atoms with Gasteiger partial charge in [0.05, 0.1) is 11.4 Å². The quantitative estimate of drug-likeness (QED) is 0.259. The normalized spacial score (nSPS) is 13.9. The Morgan fingerprint density at radius 1 is 1.14 bits per heavy atom. The number of rotatable bonds is 9. The standard InChI is InChI=1S/C20H36N4O2S.HI/c1-15(2)10-9-11-16(3)23-19(21)22-14-17-12-7-8-13-18(17)27(25,26)24-20(4,5)6;/h7-8,12-13,15-16,24H,9-11,14H2,1-6H3,(H3,21,22,23);1H. The molecule has 0 amide bonds. The van der Waals surface area contributed by atoms with Crippen LogP contribution < -0.4 is 15.8 Å². The molecule has 0 radical (unpaired) electrons. The summed E-state index contributed by atoms with van der Waals surface area (Å²) >= 11 is 0. The second kappa shape index (κ2) is 12.0. The molecular weight excluding hydrogens is 487 g/mol. The summed E-state index contributed by atoms with van der Waals surface area (Å²) in [5.41, 5.74) is 6.05. The van der Waals surface area contributed by atoms with Crippen molar-refractivity contribution in [3.05, 3.63) is 29.8 Å². The van der Waals surface area contributed by atoms with Gasteiger partial charge in [0.1, 0.15) is 0 Å². The van der Waals surface area contributed by atoms with Crippen LogP contribution in [0.15, 0.2) is 34.2 Å². The number of nitrogens with one attached hydrogen (secondary N) is 2. The largest absolute Gasteiger partial charge is 0.370 e. The smallest absolute Gasteiger partial charge is 0.241 e. The highest BCUT2D eigenvalue weighted by Crippen LogP contribution is 2.18. The van der Waals surface area contributed by atoms with Crippen LogP contribution in [0.25, 0.3) is 0 Å². The van der Waals surface area contributed by atoms with E-state index in [1.165, 1.54) is 6.42 Å². The van der Waals surface area contributed by atoms with Gasteiger partial charge in [-0.25, -0.2) is 18.1 Å². The second-order valence-electron chi connectivity index (χ2n) is 8.53. The predicted molar refractivity (Wildman–Crippen MR) is 129 cm³/mol. The lowest BCUT2D eigenvalue weighted by Crippen LogP contribution is -2.41. The highest BCUT2D eigenvalue weighted by atomic mass is 127. The van der Waals surface area contributed by atoms with Gasteiger partial charge in [-0.1, -0.05) is 44.9 Å². The molecule has 1 unspecified atom stereocenters. The molecule has 6 nitrogen and oxygen atoms in total. The van der Waals surface area contributed by atoms with Gasteiger partial charge < -0.3 is 11.1 Å². The molecule has 1 aromatic carbocycles. The van der Waals surface area contributed by atoms with Gasteiger partial charge in [0.2, 0.25) is 10.0 Å². The van der Waals surface area contributed by atoms with Gasteiger partial charge >= 0.3 is 0 Å². The molecule has 28 heavy (non-hydrogen) atoms. The van der Waals surface area contributed by atoms with Gasteiger partial charge in [-0.3, -0.25) is 0 Å². The highest BCUT2D eigenvalue weighted by Gasteiger charge is 2.24. The van der Waals surface area contributed by atoms with Crippen LogP contribution in [-0.2, 0) is 16.6 Å². The van der Waals surface area contributed by atoms with Crippen LogP contribution in [0.1, 0.15) is 66.4 Å². The average Bonchev–Trinajstić information content (AvgIpc) is 2.50. The molecule has 8 heteroatoms. The number of hydrogen-bond acceptors (Lipinski definition) is 3. The molecule has 0 heterocycles. The van der Waals surface area contributed by atoms with E-state index >= 15 is 0 Å². The van der Waals surface area contributed by atoms with Gasteiger partial charge in [0.25, 0.3) is 0 Å². The van der Waals surface area contributed by atoms with E-state index < -0.39 is 15.6 Å². The van der Waals surface area contributed by atoms with Gasteiger partial charge in [-0.05, 0) is 51.7 Å². The first kappa shape index (κ1) is 27.1. The van der Waals surface area contributed by atoms with Crippen LogP contribution in [0, 0.1) is 5.92 Å². The van der Waals surface area contributed by atoms with E-state index in [0.717, 1.165) is 12.8 Å². The zero-order chi connectivity index (χ0) is 20.7. The minimum absolute atomic E-state index is 0. The molecule has 0 aliphatic rings. The summed E-state index contributed by atoms with van der Waals surface area (Å²) in [6.45, 7) is 12.2. The van der Waals surface area contributed by atoms with E-state index in [4.69, 9.17) is 5.73 Å². The summed E-state index contributed by atoms with van der Waals surface area (Å²) in [6.07, 6.45) is 3.35. The zero-order valence-electron chi connectivity index (χ0n) is 18.0. The molecule has 4 N–H and O–H groups in total. The van der Waals surface area contributed by atoms with Crippen LogP contribution in [-0.4, -0.2) is 26.0 Å². The fraction of sp³-hybridized carbons (Fsp3) is 0.650. The Labute approximate surface area is 188 Å². The Balaban J connectivity index is 0.00000729. The predicted octanol–water partition coefficient (Wildman–Crippen LogP) is 4.00. The lowest BCUT2D eigenvalue weighted by Gasteiger charge is -2.21. The zero-order valence-corrected chi connectivity index (χ0v) is 21.1. The summed E-state index contributed by atoms with van der Waals surface area (Å²) in [5, 5.41) is 3.18. The van der Waals surface area contributed by atoms with E-state index in [1.807, 2.05) is 20.8 Å². The minimum atomic E-state index is -3.62. The maximum atomic E-state index is 12.7. The average molecular weight is 525 g/mol. The van der Waals surface area contributed by atoms with E-state index in [1.54, 1.807) is 24.3 Å². The number of hydrogen-bond donors (Lipinski definition) is 3.